The van der Waals surface area contributed by atoms with Gasteiger partial charge in [0.25, 0.3) is 0 Å². The number of fused-ring (bicyclic) bond motifs is 1. The molecule has 0 bridgehead atoms. The Bertz CT molecular complexity index is 630. The third kappa shape index (κ3) is 2.50. The molecule has 0 radical (unpaired) electrons. The molecule has 3 rings (SSSR count). The van der Waals surface area contributed by atoms with Crippen LogP contribution in [-0.4, -0.2) is 12.0 Å². The van der Waals surface area contributed by atoms with Crippen LogP contribution in [0.25, 0.3) is 0 Å². The summed E-state index contributed by atoms with van der Waals surface area (Å²) in [5, 5.41) is 4.19. The van der Waals surface area contributed by atoms with Crippen molar-refractivity contribution in [2.24, 2.45) is 0 Å². The van der Waals surface area contributed by atoms with Crippen molar-refractivity contribution in [3.63, 3.8) is 0 Å². The average molecular weight is 352 g/mol. The lowest BCUT2D eigenvalue weighted by Gasteiger charge is -2.24. The van der Waals surface area contributed by atoms with Crippen LogP contribution in [0.2, 0.25) is 5.02 Å². The van der Waals surface area contributed by atoms with Crippen LogP contribution in [0.1, 0.15) is 35.2 Å². The molecule has 0 saturated carbocycles. The van der Waals surface area contributed by atoms with Crippen molar-refractivity contribution in [2.75, 3.05) is 7.05 Å². The molecule has 104 valence electrons. The summed E-state index contributed by atoms with van der Waals surface area (Å²) in [6, 6.07) is 10.6. The summed E-state index contributed by atoms with van der Waals surface area (Å²) >= 11 is 9.60. The highest BCUT2D eigenvalue weighted by Crippen LogP contribution is 2.41. The number of hydrogen-bond acceptors (Lipinski definition) is 2. The third-order valence-electron chi connectivity index (χ3n) is 4.02. The van der Waals surface area contributed by atoms with E-state index in [1.807, 2.05) is 25.4 Å². The largest absolute Gasteiger partial charge is 0.312 e. The Morgan fingerprint density at radius 1 is 1.40 bits per heavy atom. The molecule has 1 aliphatic rings. The highest BCUT2D eigenvalue weighted by Gasteiger charge is 2.31. The monoisotopic (exact) mass is 350 g/mol. The minimum absolute atomic E-state index is 0.264. The van der Waals surface area contributed by atoms with E-state index in [9.17, 15) is 0 Å². The van der Waals surface area contributed by atoms with E-state index in [4.69, 9.17) is 11.6 Å². The minimum Gasteiger partial charge on any atom is -0.312 e. The van der Waals surface area contributed by atoms with E-state index in [-0.39, 0.29) is 6.04 Å². The number of pyridine rings is 1. The number of nitrogens with one attached hydrogen (secondary N) is 1. The Balaban J connectivity index is 1.97. The van der Waals surface area contributed by atoms with Crippen molar-refractivity contribution >= 4 is 27.5 Å². The van der Waals surface area contributed by atoms with E-state index in [1.54, 1.807) is 0 Å². The lowest BCUT2D eigenvalue weighted by Crippen LogP contribution is -2.23. The van der Waals surface area contributed by atoms with E-state index in [0.29, 0.717) is 5.92 Å². The van der Waals surface area contributed by atoms with Gasteiger partial charge in [0, 0.05) is 28.3 Å². The topological polar surface area (TPSA) is 24.9 Å². The molecule has 0 fully saturated rings. The predicted molar refractivity (Wildman–Crippen MR) is 86.3 cm³/mol. The van der Waals surface area contributed by atoms with Crippen LogP contribution >= 0.6 is 27.5 Å². The van der Waals surface area contributed by atoms with Crippen molar-refractivity contribution < 1.29 is 0 Å². The molecule has 4 heteroatoms. The maximum atomic E-state index is 6.09. The second kappa shape index (κ2) is 5.84. The summed E-state index contributed by atoms with van der Waals surface area (Å²) in [5.74, 6) is 0.421. The number of benzene rings is 1. The van der Waals surface area contributed by atoms with E-state index < -0.39 is 0 Å². The number of rotatable bonds is 3. The fourth-order valence-corrected chi connectivity index (χ4v) is 3.59. The maximum absolute atomic E-state index is 6.09. The molecule has 0 saturated heterocycles. The van der Waals surface area contributed by atoms with Gasteiger partial charge in [0.1, 0.15) is 0 Å². The molecule has 0 spiro atoms. The van der Waals surface area contributed by atoms with Gasteiger partial charge in [-0.2, -0.15) is 0 Å². The average Bonchev–Trinajstić information content (AvgIpc) is 2.88. The standard InChI is InChI=1S/C16H16BrClN2/c1-19-15(11-5-7-14(18)13(17)9-11)12-6-4-10-3-2-8-20-16(10)12/h2-3,5,7-9,12,15,19H,4,6H2,1H3. The van der Waals surface area contributed by atoms with Gasteiger partial charge in [-0.05, 0) is 65.1 Å². The Kier molecular flexibility index (Phi) is 4.11. The fraction of sp³-hybridized carbons (Fsp3) is 0.312. The lowest BCUT2D eigenvalue weighted by atomic mass is 9.91. The summed E-state index contributed by atoms with van der Waals surface area (Å²) in [6.07, 6.45) is 4.14. The van der Waals surface area contributed by atoms with Crippen molar-refractivity contribution in [3.8, 4) is 0 Å². The van der Waals surface area contributed by atoms with E-state index in [0.717, 1.165) is 22.3 Å². The van der Waals surface area contributed by atoms with Crippen LogP contribution < -0.4 is 5.32 Å². The van der Waals surface area contributed by atoms with Gasteiger partial charge in [0.05, 0.1) is 5.02 Å². The molecule has 1 aromatic heterocycles. The van der Waals surface area contributed by atoms with Gasteiger partial charge in [-0.3, -0.25) is 4.98 Å². The summed E-state index contributed by atoms with van der Waals surface area (Å²) in [7, 11) is 2.01. The molecule has 2 atom stereocenters. The number of aromatic nitrogens is 1. The Morgan fingerprint density at radius 2 is 2.25 bits per heavy atom. The van der Waals surface area contributed by atoms with E-state index in [2.05, 4.69) is 44.4 Å². The van der Waals surface area contributed by atoms with Crippen LogP contribution in [0.4, 0.5) is 0 Å². The molecule has 20 heavy (non-hydrogen) atoms. The smallest absolute Gasteiger partial charge is 0.0548 e. The van der Waals surface area contributed by atoms with E-state index >= 15 is 0 Å². The number of likely N-dealkylation sites (N-methyl/N-ethyl adjacent to an activating group) is 1. The molecule has 2 nitrogen and oxygen atoms in total. The molecule has 2 aromatic rings. The number of aryl methyl sites for hydroxylation is 1. The zero-order valence-corrected chi connectivity index (χ0v) is 13.6. The molecular weight excluding hydrogens is 336 g/mol. The van der Waals surface area contributed by atoms with Gasteiger partial charge < -0.3 is 5.32 Å². The first kappa shape index (κ1) is 14.1. The quantitative estimate of drug-likeness (QED) is 0.881. The Labute approximate surface area is 132 Å². The first-order valence-corrected chi connectivity index (χ1v) is 7.94. The highest BCUT2D eigenvalue weighted by atomic mass is 79.9. The number of hydrogen-bond donors (Lipinski definition) is 1. The van der Waals surface area contributed by atoms with Crippen LogP contribution in [0, 0.1) is 0 Å². The molecule has 1 aromatic carbocycles. The second-order valence-corrected chi connectivity index (χ2v) is 6.39. The highest BCUT2D eigenvalue weighted by molar-refractivity contribution is 9.10. The lowest BCUT2D eigenvalue weighted by molar-refractivity contribution is 0.470. The molecule has 0 amide bonds. The molecule has 1 aliphatic carbocycles. The van der Waals surface area contributed by atoms with Gasteiger partial charge >= 0.3 is 0 Å². The molecule has 2 unspecified atom stereocenters. The number of halogens is 2. The first-order valence-electron chi connectivity index (χ1n) is 6.76. The molecule has 1 N–H and O–H groups in total. The van der Waals surface area contributed by atoms with Crippen LogP contribution in [-0.2, 0) is 6.42 Å². The normalized spacial score (nSPS) is 18.9. The third-order valence-corrected chi connectivity index (χ3v) is 5.23. The van der Waals surface area contributed by atoms with Gasteiger partial charge in [-0.25, -0.2) is 0 Å². The molecular formula is C16H16BrClN2. The maximum Gasteiger partial charge on any atom is 0.0548 e. The van der Waals surface area contributed by atoms with Crippen LogP contribution in [0.3, 0.4) is 0 Å². The summed E-state index contributed by atoms with van der Waals surface area (Å²) in [4.78, 5) is 4.60. The van der Waals surface area contributed by atoms with Crippen molar-refractivity contribution in [3.05, 3.63) is 62.8 Å². The zero-order valence-electron chi connectivity index (χ0n) is 11.2. The fourth-order valence-electron chi connectivity index (χ4n) is 3.07. The van der Waals surface area contributed by atoms with Crippen LogP contribution in [0.15, 0.2) is 41.0 Å². The number of nitrogens with zero attached hydrogens (tertiary/aromatic N) is 1. The van der Waals surface area contributed by atoms with Crippen molar-refractivity contribution in [2.45, 2.75) is 24.8 Å². The summed E-state index contributed by atoms with van der Waals surface area (Å²) in [5.41, 5.74) is 3.86. The van der Waals surface area contributed by atoms with Crippen LogP contribution in [0.5, 0.6) is 0 Å². The van der Waals surface area contributed by atoms with Gasteiger partial charge in [0.2, 0.25) is 0 Å². The zero-order chi connectivity index (χ0) is 14.1. The predicted octanol–water partition coefficient (Wildman–Crippen LogP) is 4.49. The first-order chi connectivity index (χ1) is 9.70. The van der Waals surface area contributed by atoms with E-state index in [1.165, 1.54) is 16.8 Å². The Morgan fingerprint density at radius 3 is 3.00 bits per heavy atom. The van der Waals surface area contributed by atoms with Crippen molar-refractivity contribution in [1.29, 1.82) is 0 Å². The second-order valence-electron chi connectivity index (χ2n) is 5.13. The minimum atomic E-state index is 0.264. The van der Waals surface area contributed by atoms with Gasteiger partial charge in [-0.1, -0.05) is 23.7 Å². The van der Waals surface area contributed by atoms with Crippen molar-refractivity contribution in [1.82, 2.24) is 10.3 Å². The SMILES string of the molecule is CNC(c1ccc(Cl)c(Br)c1)C1CCc2cccnc21. The molecule has 1 heterocycles. The van der Waals surface area contributed by atoms with Gasteiger partial charge in [0.15, 0.2) is 0 Å². The summed E-state index contributed by atoms with van der Waals surface area (Å²) in [6.45, 7) is 0. The Hall–Kier alpha value is -0.900. The summed E-state index contributed by atoms with van der Waals surface area (Å²) < 4.78 is 0.941. The molecule has 0 aliphatic heterocycles. The van der Waals surface area contributed by atoms with Gasteiger partial charge in [-0.15, -0.1) is 0 Å².